The lowest BCUT2D eigenvalue weighted by atomic mass is 10.0. The van der Waals surface area contributed by atoms with E-state index in [0.717, 1.165) is 21.8 Å². The highest BCUT2D eigenvalue weighted by Crippen LogP contribution is 2.23. The molecular weight excluding hydrogens is 379 g/mol. The summed E-state index contributed by atoms with van der Waals surface area (Å²) >= 11 is 1.32. The van der Waals surface area contributed by atoms with Crippen molar-refractivity contribution in [2.24, 2.45) is 4.99 Å². The van der Waals surface area contributed by atoms with Crippen LogP contribution in [0.5, 0.6) is 0 Å². The third-order valence-corrected chi connectivity index (χ3v) is 5.28. The van der Waals surface area contributed by atoms with Crippen molar-refractivity contribution in [3.8, 4) is 0 Å². The molecule has 3 rings (SSSR count). The fraction of sp³-hybridized carbons (Fsp3) is 0.286. The second kappa shape index (κ2) is 8.48. The van der Waals surface area contributed by atoms with E-state index >= 15 is 0 Å². The van der Waals surface area contributed by atoms with Gasteiger partial charge in [-0.3, -0.25) is 9.59 Å². The molecule has 0 aliphatic carbocycles. The highest BCUT2D eigenvalue weighted by Gasteiger charge is 2.14. The molecule has 0 atom stereocenters. The molecule has 0 aliphatic rings. The van der Waals surface area contributed by atoms with Gasteiger partial charge >= 0.3 is 5.97 Å². The Kier molecular flexibility index (Phi) is 6.04. The first kappa shape index (κ1) is 19.9. The highest BCUT2D eigenvalue weighted by molar-refractivity contribution is 7.16. The Hall–Kier alpha value is -2.80. The molecule has 0 bridgehead atoms. The lowest BCUT2D eigenvalue weighted by Gasteiger charge is -2.07. The van der Waals surface area contributed by atoms with Crippen LogP contribution in [-0.4, -0.2) is 23.1 Å². The van der Waals surface area contributed by atoms with E-state index in [9.17, 15) is 14.0 Å². The summed E-state index contributed by atoms with van der Waals surface area (Å²) in [5, 5.41) is 0. The SMILES string of the molecule is CCOC(=O)Cn1c(=NC(=O)c2cccc(F)c2)sc2cc(C(C)C)ccc21. The number of ether oxygens (including phenoxy) is 1. The van der Waals surface area contributed by atoms with Crippen molar-refractivity contribution in [3.05, 3.63) is 64.2 Å². The van der Waals surface area contributed by atoms with Crippen molar-refractivity contribution < 1.29 is 18.7 Å². The number of hydrogen-bond donors (Lipinski definition) is 0. The summed E-state index contributed by atoms with van der Waals surface area (Å²) in [5.74, 6) is -1.12. The standard InChI is InChI=1S/C21H21FN2O3S/c1-4-27-19(25)12-24-17-9-8-14(13(2)3)11-18(17)28-21(24)23-20(26)15-6-5-7-16(22)10-15/h5-11,13H,4,12H2,1-3H3. The maximum Gasteiger partial charge on any atom is 0.326 e. The van der Waals surface area contributed by atoms with Crippen LogP contribution in [0.4, 0.5) is 4.39 Å². The van der Waals surface area contributed by atoms with Crippen molar-refractivity contribution in [3.63, 3.8) is 0 Å². The van der Waals surface area contributed by atoms with Crippen LogP contribution in [0, 0.1) is 5.82 Å². The Morgan fingerprint density at radius 1 is 1.21 bits per heavy atom. The summed E-state index contributed by atoms with van der Waals surface area (Å²) in [6, 6.07) is 11.3. The van der Waals surface area contributed by atoms with Gasteiger partial charge in [0.2, 0.25) is 0 Å². The van der Waals surface area contributed by atoms with Crippen molar-refractivity contribution in [1.82, 2.24) is 4.57 Å². The van der Waals surface area contributed by atoms with E-state index in [2.05, 4.69) is 18.8 Å². The van der Waals surface area contributed by atoms with Crippen LogP contribution in [0.2, 0.25) is 0 Å². The van der Waals surface area contributed by atoms with Gasteiger partial charge in [-0.2, -0.15) is 4.99 Å². The molecule has 146 valence electrons. The van der Waals surface area contributed by atoms with Gasteiger partial charge in [-0.25, -0.2) is 4.39 Å². The Morgan fingerprint density at radius 3 is 2.68 bits per heavy atom. The molecule has 0 spiro atoms. The van der Waals surface area contributed by atoms with Gasteiger partial charge in [0.15, 0.2) is 4.80 Å². The molecule has 28 heavy (non-hydrogen) atoms. The fourth-order valence-electron chi connectivity index (χ4n) is 2.80. The number of esters is 1. The van der Waals surface area contributed by atoms with Gasteiger partial charge in [-0.1, -0.05) is 37.3 Å². The highest BCUT2D eigenvalue weighted by atomic mass is 32.1. The summed E-state index contributed by atoms with van der Waals surface area (Å²) in [7, 11) is 0. The molecule has 0 saturated carbocycles. The van der Waals surface area contributed by atoms with Crippen LogP contribution in [0.25, 0.3) is 10.2 Å². The van der Waals surface area contributed by atoms with E-state index in [1.54, 1.807) is 11.5 Å². The zero-order chi connectivity index (χ0) is 20.3. The number of rotatable bonds is 5. The summed E-state index contributed by atoms with van der Waals surface area (Å²) < 4.78 is 21.1. The monoisotopic (exact) mass is 400 g/mol. The Labute approximate surface area is 166 Å². The Bertz CT molecular complexity index is 1100. The summed E-state index contributed by atoms with van der Waals surface area (Å²) in [5.41, 5.74) is 2.11. The molecule has 1 amide bonds. The normalized spacial score (nSPS) is 12.0. The number of thiazole rings is 1. The van der Waals surface area contributed by atoms with E-state index in [1.807, 2.05) is 18.2 Å². The molecule has 7 heteroatoms. The number of amides is 1. The molecule has 0 N–H and O–H groups in total. The lowest BCUT2D eigenvalue weighted by Crippen LogP contribution is -2.23. The van der Waals surface area contributed by atoms with E-state index < -0.39 is 17.7 Å². The van der Waals surface area contributed by atoms with Gasteiger partial charge in [0.1, 0.15) is 12.4 Å². The zero-order valence-corrected chi connectivity index (χ0v) is 16.8. The van der Waals surface area contributed by atoms with Crippen LogP contribution >= 0.6 is 11.3 Å². The van der Waals surface area contributed by atoms with Gasteiger partial charge in [0.25, 0.3) is 5.91 Å². The molecule has 1 aromatic heterocycles. The zero-order valence-electron chi connectivity index (χ0n) is 15.9. The van der Waals surface area contributed by atoms with Crippen LogP contribution < -0.4 is 4.80 Å². The largest absolute Gasteiger partial charge is 0.465 e. The smallest absolute Gasteiger partial charge is 0.326 e. The number of aromatic nitrogens is 1. The molecule has 0 unspecified atom stereocenters. The number of nitrogens with zero attached hydrogens (tertiary/aromatic N) is 2. The number of carbonyl (C=O) groups is 2. The minimum absolute atomic E-state index is 0.0515. The molecule has 0 radical (unpaired) electrons. The molecule has 5 nitrogen and oxygen atoms in total. The Balaban J connectivity index is 2.13. The second-order valence-corrected chi connectivity index (χ2v) is 7.59. The number of halogens is 1. The van der Waals surface area contributed by atoms with Gasteiger partial charge < -0.3 is 9.30 Å². The molecule has 0 aliphatic heterocycles. The first-order valence-corrected chi connectivity index (χ1v) is 9.84. The van der Waals surface area contributed by atoms with Crippen LogP contribution in [0.3, 0.4) is 0 Å². The van der Waals surface area contributed by atoms with Gasteiger partial charge in [0.05, 0.1) is 16.8 Å². The molecule has 2 aromatic carbocycles. The third-order valence-electron chi connectivity index (χ3n) is 4.23. The fourth-order valence-corrected chi connectivity index (χ4v) is 3.87. The van der Waals surface area contributed by atoms with Gasteiger partial charge in [-0.15, -0.1) is 0 Å². The molecule has 3 aromatic rings. The van der Waals surface area contributed by atoms with E-state index in [4.69, 9.17) is 4.74 Å². The second-order valence-electron chi connectivity index (χ2n) is 6.58. The van der Waals surface area contributed by atoms with Crippen molar-refractivity contribution in [2.45, 2.75) is 33.2 Å². The quantitative estimate of drug-likeness (QED) is 0.601. The molecule has 0 saturated heterocycles. The van der Waals surface area contributed by atoms with Crippen LogP contribution in [0.15, 0.2) is 47.5 Å². The van der Waals surface area contributed by atoms with Gasteiger partial charge in [-0.05, 0) is 48.7 Å². The topological polar surface area (TPSA) is 60.7 Å². The van der Waals surface area contributed by atoms with E-state index in [1.165, 1.54) is 29.5 Å². The van der Waals surface area contributed by atoms with Crippen LogP contribution in [-0.2, 0) is 16.1 Å². The minimum Gasteiger partial charge on any atom is -0.465 e. The van der Waals surface area contributed by atoms with Crippen LogP contribution in [0.1, 0.15) is 42.6 Å². The summed E-state index contributed by atoms with van der Waals surface area (Å²) in [4.78, 5) is 29.1. The number of fused-ring (bicyclic) bond motifs is 1. The first-order valence-electron chi connectivity index (χ1n) is 9.02. The molecular formula is C21H21FN2O3S. The van der Waals surface area contributed by atoms with Crippen molar-refractivity contribution in [2.75, 3.05) is 6.61 Å². The predicted octanol–water partition coefficient (Wildman–Crippen LogP) is 4.27. The molecule has 1 heterocycles. The molecule has 0 fully saturated rings. The average Bonchev–Trinajstić information content (AvgIpc) is 2.98. The average molecular weight is 400 g/mol. The summed E-state index contributed by atoms with van der Waals surface area (Å²) in [6.45, 7) is 6.15. The van der Waals surface area contributed by atoms with Gasteiger partial charge in [0, 0.05) is 5.56 Å². The van der Waals surface area contributed by atoms with Crippen molar-refractivity contribution in [1.29, 1.82) is 0 Å². The third kappa shape index (κ3) is 4.36. The number of carbonyl (C=O) groups excluding carboxylic acids is 2. The van der Waals surface area contributed by atoms with E-state index in [0.29, 0.717) is 10.7 Å². The number of benzene rings is 2. The van der Waals surface area contributed by atoms with E-state index in [-0.39, 0.29) is 18.7 Å². The minimum atomic E-state index is -0.562. The maximum atomic E-state index is 13.4. The maximum absolute atomic E-state index is 13.4. The number of hydrogen-bond acceptors (Lipinski definition) is 4. The first-order chi connectivity index (χ1) is 13.4. The van der Waals surface area contributed by atoms with Crippen molar-refractivity contribution >= 4 is 33.4 Å². The predicted molar refractivity (Wildman–Crippen MR) is 107 cm³/mol. The lowest BCUT2D eigenvalue weighted by molar-refractivity contribution is -0.143. The summed E-state index contributed by atoms with van der Waals surface area (Å²) in [6.07, 6.45) is 0. The Morgan fingerprint density at radius 2 is 2.00 bits per heavy atom.